The summed E-state index contributed by atoms with van der Waals surface area (Å²) in [6.45, 7) is 2.18. The molecule has 4 bridgehead atoms. The molecule has 4 aliphatic rings. The van der Waals surface area contributed by atoms with Gasteiger partial charge in [0, 0.05) is 55.9 Å². The summed E-state index contributed by atoms with van der Waals surface area (Å²) in [6, 6.07) is 3.76. The summed E-state index contributed by atoms with van der Waals surface area (Å²) in [5, 5.41) is 13.9. The Kier molecular flexibility index (Phi) is 6.84. The van der Waals surface area contributed by atoms with Gasteiger partial charge in [0.2, 0.25) is 0 Å². The Bertz CT molecular complexity index is 1480. The fraction of sp³-hybridized carbons (Fsp3) is 0.552. The number of anilines is 1. The molecule has 0 spiro atoms. The number of pyridine rings is 1. The number of phenolic OH excluding ortho intramolecular Hbond substituents is 1. The van der Waals surface area contributed by atoms with Gasteiger partial charge in [-0.05, 0) is 49.8 Å². The number of halogens is 5. The van der Waals surface area contributed by atoms with E-state index < -0.39 is 30.8 Å². The molecular weight excluding hydrogens is 559 g/mol. The number of nitrogens with one attached hydrogen (secondary N) is 1. The second kappa shape index (κ2) is 10.4. The molecular formula is C29H31F5N6O2. The summed E-state index contributed by atoms with van der Waals surface area (Å²) in [5.41, 5.74) is -0.880. The average Bonchev–Trinajstić information content (AvgIpc) is 3.27. The number of ether oxygens (including phenoxy) is 1. The van der Waals surface area contributed by atoms with Crippen LogP contribution in [-0.2, 0) is 6.42 Å². The molecule has 2 aromatic heterocycles. The number of hydrogen-bond donors (Lipinski definition) is 2. The Morgan fingerprint density at radius 2 is 1.86 bits per heavy atom. The molecule has 6 heterocycles. The molecule has 0 amide bonds. The number of nitrogens with zero attached hydrogens (tertiary/aromatic N) is 5. The van der Waals surface area contributed by atoms with Gasteiger partial charge in [0.1, 0.15) is 28.9 Å². The third-order valence-corrected chi connectivity index (χ3v) is 8.90. The zero-order chi connectivity index (χ0) is 29.2. The van der Waals surface area contributed by atoms with Gasteiger partial charge >= 0.3 is 12.2 Å². The molecule has 8 nitrogen and oxygen atoms in total. The minimum Gasteiger partial charge on any atom is -0.508 e. The van der Waals surface area contributed by atoms with Crippen LogP contribution < -0.4 is 15.0 Å². The number of rotatable bonds is 5. The molecule has 7 rings (SSSR count). The zero-order valence-electron chi connectivity index (χ0n) is 22.7. The van der Waals surface area contributed by atoms with Gasteiger partial charge in [-0.3, -0.25) is 9.88 Å². The highest BCUT2D eigenvalue weighted by Gasteiger charge is 2.41. The van der Waals surface area contributed by atoms with Gasteiger partial charge in [-0.1, -0.05) is 6.07 Å². The van der Waals surface area contributed by atoms with Gasteiger partial charge in [0.05, 0.1) is 11.8 Å². The zero-order valence-corrected chi connectivity index (χ0v) is 22.7. The smallest absolute Gasteiger partial charge is 0.393 e. The van der Waals surface area contributed by atoms with E-state index in [9.17, 15) is 22.7 Å². The maximum Gasteiger partial charge on any atom is 0.393 e. The van der Waals surface area contributed by atoms with E-state index in [2.05, 4.69) is 20.2 Å². The minimum atomic E-state index is -4.55. The molecule has 42 heavy (non-hydrogen) atoms. The van der Waals surface area contributed by atoms with Crippen LogP contribution in [0.2, 0.25) is 0 Å². The molecule has 4 aliphatic heterocycles. The number of aromatic hydroxyl groups is 1. The van der Waals surface area contributed by atoms with Crippen molar-refractivity contribution >= 4 is 16.7 Å². The first-order valence-corrected chi connectivity index (χ1v) is 14.4. The number of benzene rings is 1. The number of fused-ring (bicyclic) bond motifs is 5. The SMILES string of the molecule is Oc1ccc(CC(F)(F)F)c(-c2ncc3c(N4CC5CCC(C4)N5)nc(OC4[C@@H]5CCCN4C[C@H](F)C5)nc3c2F)c1. The number of piperidine rings is 2. The van der Waals surface area contributed by atoms with Crippen LogP contribution in [0.5, 0.6) is 11.8 Å². The van der Waals surface area contributed by atoms with Crippen LogP contribution in [0.4, 0.5) is 27.8 Å². The fourth-order valence-corrected chi connectivity index (χ4v) is 7.12. The third kappa shape index (κ3) is 5.21. The van der Waals surface area contributed by atoms with E-state index in [0.717, 1.165) is 43.9 Å². The van der Waals surface area contributed by atoms with Crippen molar-refractivity contribution < 1.29 is 31.8 Å². The van der Waals surface area contributed by atoms with E-state index >= 15 is 4.39 Å². The third-order valence-electron chi connectivity index (χ3n) is 8.90. The van der Waals surface area contributed by atoms with Crippen LogP contribution in [0.25, 0.3) is 22.2 Å². The number of phenols is 1. The highest BCUT2D eigenvalue weighted by Crippen LogP contribution is 2.39. The number of piperazine rings is 1. The van der Waals surface area contributed by atoms with Crippen molar-refractivity contribution in [1.82, 2.24) is 25.2 Å². The van der Waals surface area contributed by atoms with Crippen molar-refractivity contribution in [2.45, 2.75) is 69.2 Å². The summed E-state index contributed by atoms with van der Waals surface area (Å²) in [6.07, 6.45) is -1.78. The van der Waals surface area contributed by atoms with Crippen molar-refractivity contribution in [2.75, 3.05) is 31.1 Å². The van der Waals surface area contributed by atoms with Gasteiger partial charge < -0.3 is 20.1 Å². The van der Waals surface area contributed by atoms with E-state index in [0.29, 0.717) is 37.3 Å². The monoisotopic (exact) mass is 590 g/mol. The second-order valence-electron chi connectivity index (χ2n) is 11.9. The van der Waals surface area contributed by atoms with Crippen LogP contribution in [0.15, 0.2) is 24.4 Å². The average molecular weight is 591 g/mol. The number of alkyl halides is 4. The largest absolute Gasteiger partial charge is 0.508 e. The maximum atomic E-state index is 16.4. The Labute approximate surface area is 238 Å². The maximum absolute atomic E-state index is 16.4. The first kappa shape index (κ1) is 27.5. The van der Waals surface area contributed by atoms with Gasteiger partial charge in [0.15, 0.2) is 12.0 Å². The second-order valence-corrected chi connectivity index (χ2v) is 11.9. The first-order valence-electron chi connectivity index (χ1n) is 14.4. The molecule has 1 aromatic carbocycles. The molecule has 224 valence electrons. The predicted molar refractivity (Wildman–Crippen MR) is 145 cm³/mol. The van der Waals surface area contributed by atoms with Crippen LogP contribution in [0.3, 0.4) is 0 Å². The van der Waals surface area contributed by atoms with Gasteiger partial charge in [-0.15, -0.1) is 0 Å². The lowest BCUT2D eigenvalue weighted by Gasteiger charge is -2.45. The lowest BCUT2D eigenvalue weighted by Crippen LogP contribution is -2.55. The highest BCUT2D eigenvalue weighted by molar-refractivity contribution is 5.92. The van der Waals surface area contributed by atoms with Crippen molar-refractivity contribution in [3.63, 3.8) is 0 Å². The van der Waals surface area contributed by atoms with Crippen LogP contribution in [0, 0.1) is 11.7 Å². The highest BCUT2D eigenvalue weighted by atomic mass is 19.4. The van der Waals surface area contributed by atoms with E-state index in [-0.39, 0.29) is 58.6 Å². The van der Waals surface area contributed by atoms with Gasteiger partial charge in [-0.25, -0.2) is 8.78 Å². The lowest BCUT2D eigenvalue weighted by molar-refractivity contribution is -0.127. The fourth-order valence-electron chi connectivity index (χ4n) is 7.12. The number of hydrogen-bond acceptors (Lipinski definition) is 8. The van der Waals surface area contributed by atoms with E-state index in [1.165, 1.54) is 6.20 Å². The Balaban J connectivity index is 1.34. The van der Waals surface area contributed by atoms with E-state index in [4.69, 9.17) is 9.72 Å². The van der Waals surface area contributed by atoms with Crippen molar-refractivity contribution in [2.24, 2.45) is 5.92 Å². The summed E-state index contributed by atoms with van der Waals surface area (Å²) >= 11 is 0. The normalized spacial score (nSPS) is 29.2. The Morgan fingerprint density at radius 1 is 1.07 bits per heavy atom. The summed E-state index contributed by atoms with van der Waals surface area (Å²) < 4.78 is 77.1. The molecule has 4 unspecified atom stereocenters. The Hall–Kier alpha value is -3.32. The van der Waals surface area contributed by atoms with Gasteiger partial charge in [0.25, 0.3) is 0 Å². The standard InChI is InChI=1S/C29H31F5N6O2/c30-17-8-15-2-1-7-39(12-17)27(15)42-28-37-25-22(26(38-28)40-13-18-4-5-19(14-40)36-18)11-35-24(23(25)31)21-9-20(41)6-3-16(21)10-29(32,33)34/h3,6,9,11,15,17-19,27,36,41H,1-2,4-5,7-8,10,12-14H2/t15-,17-,18?,19?,27?/m1/s1. The van der Waals surface area contributed by atoms with Crippen molar-refractivity contribution in [3.8, 4) is 23.0 Å². The van der Waals surface area contributed by atoms with E-state index in [1.807, 2.05) is 4.90 Å². The van der Waals surface area contributed by atoms with Crippen LogP contribution >= 0.6 is 0 Å². The quantitative estimate of drug-likeness (QED) is 0.413. The molecule has 0 radical (unpaired) electrons. The van der Waals surface area contributed by atoms with Crippen molar-refractivity contribution in [3.05, 3.63) is 35.8 Å². The van der Waals surface area contributed by atoms with Crippen LogP contribution in [-0.4, -0.2) is 81.8 Å². The first-order chi connectivity index (χ1) is 20.1. The van der Waals surface area contributed by atoms with E-state index in [1.54, 1.807) is 0 Å². The summed E-state index contributed by atoms with van der Waals surface area (Å²) in [4.78, 5) is 17.4. The molecule has 4 saturated heterocycles. The molecule has 0 aliphatic carbocycles. The minimum absolute atomic E-state index is 0.0599. The Morgan fingerprint density at radius 3 is 2.60 bits per heavy atom. The summed E-state index contributed by atoms with van der Waals surface area (Å²) in [7, 11) is 0. The topological polar surface area (TPSA) is 86.6 Å². The molecule has 0 saturated carbocycles. The summed E-state index contributed by atoms with van der Waals surface area (Å²) in [5.74, 6) is -0.862. The predicted octanol–water partition coefficient (Wildman–Crippen LogP) is 4.74. The molecule has 2 N–H and O–H groups in total. The molecule has 4 fully saturated rings. The van der Waals surface area contributed by atoms with Crippen molar-refractivity contribution in [1.29, 1.82) is 0 Å². The molecule has 13 heteroatoms. The number of aromatic nitrogens is 3. The molecule has 6 atom stereocenters. The molecule has 3 aromatic rings. The van der Waals surface area contributed by atoms with Crippen LogP contribution in [0.1, 0.15) is 37.7 Å². The van der Waals surface area contributed by atoms with Gasteiger partial charge in [-0.2, -0.15) is 23.1 Å². The lowest BCUT2D eigenvalue weighted by atomic mass is 9.86.